The van der Waals surface area contributed by atoms with E-state index < -0.39 is 17.5 Å². The molecule has 0 fully saturated rings. The number of rotatable bonds is 2. The number of halogens is 3. The maximum absolute atomic E-state index is 13.9. The van der Waals surface area contributed by atoms with Gasteiger partial charge in [0.25, 0.3) is 5.91 Å². The standard InChI is InChI=1S/C23H20F3N5O/c1-11-18(14-5-4-7-27-22(14)28-11)23(32)31-8-6-15-20(12(31)2)29-30(3)21(15)13-9-16(24)19(26)17(25)10-13/h4-5,7,9-10,12H,6,8H2,1-3H3,(H,27,28)/t12-/m0/s1. The number of aryl methyl sites for hydroxylation is 2. The van der Waals surface area contributed by atoms with Crippen LogP contribution in [0.25, 0.3) is 22.3 Å². The largest absolute Gasteiger partial charge is 0.343 e. The number of amides is 1. The van der Waals surface area contributed by atoms with Crippen LogP contribution in [0.2, 0.25) is 0 Å². The number of pyridine rings is 1. The Bertz CT molecular complexity index is 1370. The smallest absolute Gasteiger partial charge is 0.256 e. The average Bonchev–Trinajstić information content (AvgIpc) is 3.27. The second-order valence-corrected chi connectivity index (χ2v) is 8.04. The van der Waals surface area contributed by atoms with Gasteiger partial charge in [-0.15, -0.1) is 0 Å². The van der Waals surface area contributed by atoms with Gasteiger partial charge < -0.3 is 9.88 Å². The predicted molar refractivity (Wildman–Crippen MR) is 113 cm³/mol. The molecule has 0 radical (unpaired) electrons. The average molecular weight is 439 g/mol. The Kier molecular flexibility index (Phi) is 4.58. The van der Waals surface area contributed by atoms with E-state index in [4.69, 9.17) is 0 Å². The third kappa shape index (κ3) is 2.91. The molecule has 0 unspecified atom stereocenters. The van der Waals surface area contributed by atoms with Crippen molar-refractivity contribution in [3.63, 3.8) is 0 Å². The number of carbonyl (C=O) groups is 1. The minimum Gasteiger partial charge on any atom is -0.343 e. The van der Waals surface area contributed by atoms with Gasteiger partial charge in [-0.3, -0.25) is 9.48 Å². The highest BCUT2D eigenvalue weighted by molar-refractivity contribution is 6.07. The number of carbonyl (C=O) groups excluding carboxylic acids is 1. The quantitative estimate of drug-likeness (QED) is 0.470. The van der Waals surface area contributed by atoms with E-state index in [9.17, 15) is 18.0 Å². The van der Waals surface area contributed by atoms with Crippen molar-refractivity contribution in [1.29, 1.82) is 0 Å². The van der Waals surface area contributed by atoms with Gasteiger partial charge in [0.05, 0.1) is 23.0 Å². The fraction of sp³-hybridized carbons (Fsp3) is 0.261. The Hall–Kier alpha value is -3.62. The van der Waals surface area contributed by atoms with Crippen molar-refractivity contribution < 1.29 is 18.0 Å². The van der Waals surface area contributed by atoms with Gasteiger partial charge in [-0.25, -0.2) is 18.2 Å². The van der Waals surface area contributed by atoms with Gasteiger partial charge in [-0.2, -0.15) is 5.10 Å². The summed E-state index contributed by atoms with van der Waals surface area (Å²) >= 11 is 0. The number of aromatic nitrogens is 4. The zero-order valence-corrected chi connectivity index (χ0v) is 17.7. The van der Waals surface area contributed by atoms with Crippen LogP contribution in [0.1, 0.15) is 40.3 Å². The molecular weight excluding hydrogens is 419 g/mol. The molecule has 4 aromatic rings. The second-order valence-electron chi connectivity index (χ2n) is 8.04. The molecule has 1 atom stereocenters. The fourth-order valence-corrected chi connectivity index (χ4v) is 4.64. The summed E-state index contributed by atoms with van der Waals surface area (Å²) in [7, 11) is 1.67. The molecule has 0 spiro atoms. The predicted octanol–water partition coefficient (Wildman–Crippen LogP) is 4.45. The van der Waals surface area contributed by atoms with Crippen LogP contribution in [0, 0.1) is 24.4 Å². The Morgan fingerprint density at radius 3 is 2.66 bits per heavy atom. The number of H-pyrrole nitrogens is 1. The van der Waals surface area contributed by atoms with E-state index in [1.54, 1.807) is 24.2 Å². The summed E-state index contributed by atoms with van der Waals surface area (Å²) in [4.78, 5) is 22.7. The Morgan fingerprint density at radius 1 is 1.22 bits per heavy atom. The first-order chi connectivity index (χ1) is 15.3. The summed E-state index contributed by atoms with van der Waals surface area (Å²) in [6, 6.07) is 5.23. The third-order valence-electron chi connectivity index (χ3n) is 6.13. The summed E-state index contributed by atoms with van der Waals surface area (Å²) in [6.07, 6.45) is 2.12. The van der Waals surface area contributed by atoms with Crippen LogP contribution in [-0.4, -0.2) is 37.1 Å². The molecule has 1 aliphatic rings. The summed E-state index contributed by atoms with van der Waals surface area (Å²) in [6.45, 7) is 4.12. The highest BCUT2D eigenvalue weighted by Gasteiger charge is 2.35. The van der Waals surface area contributed by atoms with Gasteiger partial charge in [0.2, 0.25) is 0 Å². The normalized spacial score (nSPS) is 15.9. The van der Waals surface area contributed by atoms with Crippen molar-refractivity contribution in [2.24, 2.45) is 7.05 Å². The zero-order valence-electron chi connectivity index (χ0n) is 17.7. The molecule has 1 amide bonds. The molecule has 0 saturated heterocycles. The molecule has 3 aromatic heterocycles. The van der Waals surface area contributed by atoms with Crippen molar-refractivity contribution in [2.75, 3.05) is 6.54 Å². The van der Waals surface area contributed by atoms with E-state index in [0.29, 0.717) is 35.6 Å². The van der Waals surface area contributed by atoms with E-state index in [-0.39, 0.29) is 17.5 Å². The Labute approximate surface area is 181 Å². The number of hydrogen-bond donors (Lipinski definition) is 1. The molecule has 32 heavy (non-hydrogen) atoms. The van der Waals surface area contributed by atoms with Gasteiger partial charge in [0.1, 0.15) is 5.65 Å². The minimum absolute atomic E-state index is 0.133. The highest BCUT2D eigenvalue weighted by atomic mass is 19.2. The second kappa shape index (κ2) is 7.22. The van der Waals surface area contributed by atoms with Crippen LogP contribution >= 0.6 is 0 Å². The van der Waals surface area contributed by atoms with Crippen LogP contribution in [0.15, 0.2) is 30.5 Å². The first-order valence-corrected chi connectivity index (χ1v) is 10.2. The molecule has 0 saturated carbocycles. The molecule has 0 bridgehead atoms. The number of fused-ring (bicyclic) bond motifs is 2. The van der Waals surface area contributed by atoms with Crippen LogP contribution in [0.4, 0.5) is 13.2 Å². The minimum atomic E-state index is -1.50. The van der Waals surface area contributed by atoms with Gasteiger partial charge in [-0.05, 0) is 44.5 Å². The number of nitrogens with zero attached hydrogens (tertiary/aromatic N) is 4. The summed E-state index contributed by atoms with van der Waals surface area (Å²) in [5.74, 6) is -4.14. The SMILES string of the molecule is Cc1[nH]c2ncccc2c1C(=O)N1CCc2c(nn(C)c2-c2cc(F)c(F)c(F)c2)[C@@H]1C. The molecule has 164 valence electrons. The Balaban J connectivity index is 1.55. The first kappa shape index (κ1) is 20.3. The third-order valence-corrected chi connectivity index (χ3v) is 6.13. The summed E-state index contributed by atoms with van der Waals surface area (Å²) < 4.78 is 42.7. The van der Waals surface area contributed by atoms with Crippen molar-refractivity contribution >= 4 is 16.9 Å². The molecule has 9 heteroatoms. The maximum Gasteiger partial charge on any atom is 0.256 e. The van der Waals surface area contributed by atoms with E-state index in [2.05, 4.69) is 15.1 Å². The topological polar surface area (TPSA) is 66.8 Å². The van der Waals surface area contributed by atoms with Crippen molar-refractivity contribution in [2.45, 2.75) is 26.3 Å². The molecule has 0 aliphatic carbocycles. The summed E-state index contributed by atoms with van der Waals surface area (Å²) in [5, 5.41) is 5.31. The number of aromatic amines is 1. The lowest BCUT2D eigenvalue weighted by atomic mass is 9.94. The lowest BCUT2D eigenvalue weighted by molar-refractivity contribution is 0.0675. The molecular formula is C23H20F3N5O. The zero-order chi connectivity index (χ0) is 22.7. The van der Waals surface area contributed by atoms with E-state index in [1.165, 1.54) is 4.68 Å². The van der Waals surface area contributed by atoms with E-state index in [1.807, 2.05) is 19.9 Å². The van der Waals surface area contributed by atoms with Crippen molar-refractivity contribution in [1.82, 2.24) is 24.6 Å². The number of hydrogen-bond acceptors (Lipinski definition) is 3. The fourth-order valence-electron chi connectivity index (χ4n) is 4.64. The van der Waals surface area contributed by atoms with E-state index >= 15 is 0 Å². The van der Waals surface area contributed by atoms with Crippen LogP contribution in [0.3, 0.4) is 0 Å². The lowest BCUT2D eigenvalue weighted by Crippen LogP contribution is -2.39. The highest BCUT2D eigenvalue weighted by Crippen LogP contribution is 2.37. The summed E-state index contributed by atoms with van der Waals surface area (Å²) in [5.41, 5.74) is 4.14. The van der Waals surface area contributed by atoms with E-state index in [0.717, 1.165) is 28.8 Å². The molecule has 1 aliphatic heterocycles. The molecule has 1 N–H and O–H groups in total. The lowest BCUT2D eigenvalue weighted by Gasteiger charge is -2.33. The van der Waals surface area contributed by atoms with Gasteiger partial charge in [-0.1, -0.05) is 0 Å². The van der Waals surface area contributed by atoms with Crippen LogP contribution in [0.5, 0.6) is 0 Å². The van der Waals surface area contributed by atoms with Crippen LogP contribution in [-0.2, 0) is 13.5 Å². The Morgan fingerprint density at radius 2 is 1.94 bits per heavy atom. The van der Waals surface area contributed by atoms with Gasteiger partial charge in [0.15, 0.2) is 17.5 Å². The van der Waals surface area contributed by atoms with Crippen molar-refractivity contribution in [3.05, 3.63) is 70.4 Å². The first-order valence-electron chi connectivity index (χ1n) is 10.2. The van der Waals surface area contributed by atoms with Crippen LogP contribution < -0.4 is 0 Å². The molecule has 5 rings (SSSR count). The van der Waals surface area contributed by atoms with Crippen molar-refractivity contribution in [3.8, 4) is 11.3 Å². The molecule has 6 nitrogen and oxygen atoms in total. The molecule has 4 heterocycles. The monoisotopic (exact) mass is 439 g/mol. The number of benzene rings is 1. The van der Waals surface area contributed by atoms with Gasteiger partial charge >= 0.3 is 0 Å². The number of nitrogens with one attached hydrogen (secondary N) is 1. The maximum atomic E-state index is 13.9. The van der Waals surface area contributed by atoms with Gasteiger partial charge in [0, 0.05) is 42.0 Å². The molecule has 1 aromatic carbocycles.